The van der Waals surface area contributed by atoms with Crippen molar-refractivity contribution < 1.29 is 4.74 Å². The second-order valence-electron chi connectivity index (χ2n) is 5.81. The molecule has 0 unspecified atom stereocenters. The number of aromatic nitrogens is 3. The van der Waals surface area contributed by atoms with Gasteiger partial charge in [-0.15, -0.1) is 16.8 Å². The molecule has 26 heavy (non-hydrogen) atoms. The molecule has 0 amide bonds. The molecule has 2 aromatic rings. The van der Waals surface area contributed by atoms with Gasteiger partial charge >= 0.3 is 0 Å². The summed E-state index contributed by atoms with van der Waals surface area (Å²) < 4.78 is 7.48. The van der Waals surface area contributed by atoms with Crippen LogP contribution in [0.15, 0.2) is 41.9 Å². The van der Waals surface area contributed by atoms with E-state index >= 15 is 0 Å². The van der Waals surface area contributed by atoms with E-state index in [1.54, 1.807) is 6.08 Å². The lowest BCUT2D eigenvalue weighted by molar-refractivity contribution is 0.340. The van der Waals surface area contributed by atoms with Crippen molar-refractivity contribution in [3.63, 3.8) is 0 Å². The summed E-state index contributed by atoms with van der Waals surface area (Å²) in [6.07, 6.45) is 2.67. The van der Waals surface area contributed by atoms with Crippen molar-refractivity contribution in [2.45, 2.75) is 26.8 Å². The average Bonchev–Trinajstić information content (AvgIpc) is 2.96. The highest BCUT2D eigenvalue weighted by Gasteiger charge is 2.05. The molecule has 0 aliphatic heterocycles. The third-order valence-corrected chi connectivity index (χ3v) is 3.89. The second kappa shape index (κ2) is 10.2. The van der Waals surface area contributed by atoms with Gasteiger partial charge < -0.3 is 19.9 Å². The van der Waals surface area contributed by atoms with E-state index in [1.165, 1.54) is 5.56 Å². The maximum absolute atomic E-state index is 5.55. The zero-order valence-corrected chi connectivity index (χ0v) is 15.8. The van der Waals surface area contributed by atoms with Gasteiger partial charge in [0.1, 0.15) is 18.1 Å². The molecule has 140 valence electrons. The number of aliphatic imine (C=N–C) groups is 1. The smallest absolute Gasteiger partial charge is 0.191 e. The monoisotopic (exact) mass is 356 g/mol. The quantitative estimate of drug-likeness (QED) is 0.408. The number of rotatable bonds is 9. The van der Waals surface area contributed by atoms with Crippen LogP contribution in [0.2, 0.25) is 0 Å². The Balaban J connectivity index is 1.92. The highest BCUT2D eigenvalue weighted by atomic mass is 16.5. The molecule has 1 heterocycles. The van der Waals surface area contributed by atoms with Crippen LogP contribution in [0.25, 0.3) is 0 Å². The lowest BCUT2D eigenvalue weighted by Gasteiger charge is -2.12. The van der Waals surface area contributed by atoms with E-state index in [0.717, 1.165) is 36.3 Å². The fourth-order valence-electron chi connectivity index (χ4n) is 2.36. The molecule has 0 aliphatic carbocycles. The molecule has 0 aliphatic rings. The van der Waals surface area contributed by atoms with E-state index in [9.17, 15) is 0 Å². The zero-order chi connectivity index (χ0) is 18.8. The number of hydrogen-bond acceptors (Lipinski definition) is 4. The Hall–Kier alpha value is -2.83. The first-order valence-electron chi connectivity index (χ1n) is 8.83. The van der Waals surface area contributed by atoms with E-state index in [0.29, 0.717) is 19.7 Å². The third-order valence-electron chi connectivity index (χ3n) is 3.89. The minimum absolute atomic E-state index is 0.462. The summed E-state index contributed by atoms with van der Waals surface area (Å²) in [6.45, 7) is 10.2. The summed E-state index contributed by atoms with van der Waals surface area (Å²) in [4.78, 5) is 4.58. The van der Waals surface area contributed by atoms with Gasteiger partial charge in [-0.25, -0.2) is 4.99 Å². The Morgan fingerprint density at radius 2 is 2.19 bits per heavy atom. The Labute approximate surface area is 155 Å². The van der Waals surface area contributed by atoms with Gasteiger partial charge in [0.15, 0.2) is 11.8 Å². The van der Waals surface area contributed by atoms with Crippen molar-refractivity contribution in [2.24, 2.45) is 12.0 Å². The minimum atomic E-state index is 0.462. The van der Waals surface area contributed by atoms with Crippen molar-refractivity contribution in [3.8, 4) is 5.75 Å². The fraction of sp³-hybridized carbons (Fsp3) is 0.421. The number of ether oxygens (including phenoxy) is 1. The lowest BCUT2D eigenvalue weighted by atomic mass is 10.1. The Morgan fingerprint density at radius 3 is 2.88 bits per heavy atom. The van der Waals surface area contributed by atoms with Gasteiger partial charge in [0.05, 0.1) is 6.61 Å². The average molecular weight is 356 g/mol. The molecule has 7 heteroatoms. The topological polar surface area (TPSA) is 76.4 Å². The molecule has 0 fully saturated rings. The third kappa shape index (κ3) is 5.91. The number of aryl methyl sites for hydroxylation is 1. The van der Waals surface area contributed by atoms with E-state index in [-0.39, 0.29) is 0 Å². The zero-order valence-electron chi connectivity index (χ0n) is 15.8. The molecule has 1 aromatic carbocycles. The molecule has 0 saturated heterocycles. The van der Waals surface area contributed by atoms with Crippen LogP contribution in [0.1, 0.15) is 24.1 Å². The first kappa shape index (κ1) is 19.5. The summed E-state index contributed by atoms with van der Waals surface area (Å²) in [5.41, 5.74) is 1.22. The summed E-state index contributed by atoms with van der Waals surface area (Å²) in [5, 5.41) is 14.8. The van der Waals surface area contributed by atoms with Crippen molar-refractivity contribution in [3.05, 3.63) is 54.1 Å². The Bertz CT molecular complexity index is 737. The van der Waals surface area contributed by atoms with Crippen LogP contribution in [-0.4, -0.2) is 40.4 Å². The highest BCUT2D eigenvalue weighted by Crippen LogP contribution is 2.13. The van der Waals surface area contributed by atoms with Crippen LogP contribution < -0.4 is 15.4 Å². The van der Waals surface area contributed by atoms with Crippen molar-refractivity contribution in [1.82, 2.24) is 25.4 Å². The van der Waals surface area contributed by atoms with Gasteiger partial charge in [-0.2, -0.15) is 0 Å². The highest BCUT2D eigenvalue weighted by molar-refractivity contribution is 5.79. The van der Waals surface area contributed by atoms with Gasteiger partial charge in [-0.1, -0.05) is 18.2 Å². The van der Waals surface area contributed by atoms with Crippen LogP contribution >= 0.6 is 0 Å². The predicted molar refractivity (Wildman–Crippen MR) is 104 cm³/mol. The van der Waals surface area contributed by atoms with Crippen LogP contribution in [0.4, 0.5) is 0 Å². The molecule has 0 atom stereocenters. The summed E-state index contributed by atoms with van der Waals surface area (Å²) in [5.74, 6) is 3.33. The normalized spacial score (nSPS) is 11.3. The number of nitrogens with one attached hydrogen (secondary N) is 2. The van der Waals surface area contributed by atoms with Crippen molar-refractivity contribution in [1.29, 1.82) is 0 Å². The number of nitrogens with zero attached hydrogens (tertiary/aromatic N) is 4. The van der Waals surface area contributed by atoms with E-state index < -0.39 is 0 Å². The molecule has 0 spiro atoms. The number of benzene rings is 1. The van der Waals surface area contributed by atoms with E-state index in [1.807, 2.05) is 37.6 Å². The van der Waals surface area contributed by atoms with E-state index in [2.05, 4.69) is 44.5 Å². The second-order valence-corrected chi connectivity index (χ2v) is 5.81. The maximum Gasteiger partial charge on any atom is 0.191 e. The number of guanidine groups is 1. The summed E-state index contributed by atoms with van der Waals surface area (Å²) in [6, 6.07) is 8.16. The molecule has 1 aromatic heterocycles. The largest absolute Gasteiger partial charge is 0.494 e. The predicted octanol–water partition coefficient (Wildman–Crippen LogP) is 1.99. The number of hydrogen-bond donors (Lipinski definition) is 2. The van der Waals surface area contributed by atoms with Gasteiger partial charge in [0, 0.05) is 20.1 Å². The van der Waals surface area contributed by atoms with Crippen LogP contribution in [-0.2, 0) is 20.0 Å². The lowest BCUT2D eigenvalue weighted by Crippen LogP contribution is -2.38. The Morgan fingerprint density at radius 1 is 1.35 bits per heavy atom. The standard InChI is InChI=1S/C19H28N6O/c1-5-11-20-19(22-14-18-24-23-15(3)25(18)4)21-12-10-16-8-7-9-17(13-16)26-6-2/h5,7-9,13H,1,6,10-12,14H2,2-4H3,(H2,20,21,22). The molecular weight excluding hydrogens is 328 g/mol. The SMILES string of the molecule is C=CCNC(=NCc1nnc(C)n1C)NCCc1cccc(OCC)c1. The van der Waals surface area contributed by atoms with Crippen LogP contribution in [0.3, 0.4) is 0 Å². The van der Waals surface area contributed by atoms with Crippen molar-refractivity contribution >= 4 is 5.96 Å². The maximum atomic E-state index is 5.55. The van der Waals surface area contributed by atoms with Gasteiger partial charge in [-0.3, -0.25) is 0 Å². The molecule has 0 radical (unpaired) electrons. The molecule has 2 rings (SSSR count). The summed E-state index contributed by atoms with van der Waals surface area (Å²) >= 11 is 0. The molecule has 7 nitrogen and oxygen atoms in total. The molecule has 2 N–H and O–H groups in total. The minimum Gasteiger partial charge on any atom is -0.494 e. The van der Waals surface area contributed by atoms with Crippen molar-refractivity contribution in [2.75, 3.05) is 19.7 Å². The van der Waals surface area contributed by atoms with Gasteiger partial charge in [0.2, 0.25) is 0 Å². The summed E-state index contributed by atoms with van der Waals surface area (Å²) in [7, 11) is 1.94. The van der Waals surface area contributed by atoms with E-state index in [4.69, 9.17) is 4.74 Å². The Kier molecular flexibility index (Phi) is 7.67. The van der Waals surface area contributed by atoms with Gasteiger partial charge in [0.25, 0.3) is 0 Å². The fourth-order valence-corrected chi connectivity index (χ4v) is 2.36. The molecular formula is C19H28N6O. The molecule has 0 bridgehead atoms. The van der Waals surface area contributed by atoms with Crippen LogP contribution in [0, 0.1) is 6.92 Å². The van der Waals surface area contributed by atoms with Crippen LogP contribution in [0.5, 0.6) is 5.75 Å². The van der Waals surface area contributed by atoms with Gasteiger partial charge in [-0.05, 0) is 38.0 Å². The first-order chi connectivity index (χ1) is 12.6. The first-order valence-corrected chi connectivity index (χ1v) is 8.83. The molecule has 0 saturated carbocycles.